The highest BCUT2D eigenvalue weighted by atomic mass is 16.2. The third-order valence-corrected chi connectivity index (χ3v) is 6.17. The number of amides is 1. The van der Waals surface area contributed by atoms with Gasteiger partial charge in [-0.3, -0.25) is 19.4 Å². The number of aryl methyl sites for hydroxylation is 4. The normalized spacial score (nSPS) is 11.5. The van der Waals surface area contributed by atoms with Crippen LogP contribution in [0.4, 0.5) is 5.69 Å². The maximum absolute atomic E-state index is 13.3. The molecule has 0 aliphatic rings. The van der Waals surface area contributed by atoms with Gasteiger partial charge in [-0.15, -0.1) is 0 Å². The van der Waals surface area contributed by atoms with Gasteiger partial charge in [-0.2, -0.15) is 10.2 Å². The molecule has 3 heterocycles. The summed E-state index contributed by atoms with van der Waals surface area (Å²) in [6.07, 6.45) is 7.44. The van der Waals surface area contributed by atoms with Crippen LogP contribution < -0.4 is 5.32 Å². The Morgan fingerprint density at radius 3 is 2.59 bits per heavy atom. The van der Waals surface area contributed by atoms with Crippen molar-refractivity contribution < 1.29 is 9.59 Å². The predicted octanol–water partition coefficient (Wildman–Crippen LogP) is 4.78. The summed E-state index contributed by atoms with van der Waals surface area (Å²) in [5, 5.41) is 15.6. The average Bonchev–Trinajstić information content (AvgIpc) is 3.61. The summed E-state index contributed by atoms with van der Waals surface area (Å²) in [6, 6.07) is 12.5. The number of hydrogen-bond donors (Lipinski definition) is 2. The lowest BCUT2D eigenvalue weighted by molar-refractivity contribution is 0.101. The van der Waals surface area contributed by atoms with Crippen LogP contribution >= 0.6 is 0 Å². The number of imidazole rings is 1. The van der Waals surface area contributed by atoms with E-state index in [1.54, 1.807) is 41.3 Å². The lowest BCUT2D eigenvalue weighted by Crippen LogP contribution is -2.18. The van der Waals surface area contributed by atoms with Gasteiger partial charge < -0.3 is 9.88 Å². The molecule has 0 fully saturated rings. The summed E-state index contributed by atoms with van der Waals surface area (Å²) in [6.45, 7) is 6.27. The fourth-order valence-electron chi connectivity index (χ4n) is 4.21. The van der Waals surface area contributed by atoms with Crippen molar-refractivity contribution in [3.63, 3.8) is 0 Å². The molecule has 0 saturated carbocycles. The molecule has 0 aliphatic carbocycles. The van der Waals surface area contributed by atoms with E-state index in [-0.39, 0.29) is 11.7 Å². The molecule has 5 rings (SSSR count). The van der Waals surface area contributed by atoms with Crippen LogP contribution in [0.3, 0.4) is 0 Å². The van der Waals surface area contributed by atoms with Crippen molar-refractivity contribution in [3.8, 4) is 0 Å². The van der Waals surface area contributed by atoms with E-state index in [4.69, 9.17) is 0 Å². The first-order valence-corrected chi connectivity index (χ1v) is 12.0. The van der Waals surface area contributed by atoms with Crippen LogP contribution in [-0.4, -0.2) is 41.2 Å². The number of nitrogens with one attached hydrogen (secondary N) is 2. The SMILES string of the molecule is CCn1nc(C)cc1C(=O)Nc1cc(C(=O)c2ccc3c(C=Cc4cn(C)cn4)n[nH]c3c2)ccc1C. The molecule has 0 aliphatic heterocycles. The lowest BCUT2D eigenvalue weighted by Gasteiger charge is -2.11. The predicted molar refractivity (Wildman–Crippen MR) is 143 cm³/mol. The number of carbonyl (C=O) groups is 2. The van der Waals surface area contributed by atoms with Crippen LogP contribution in [-0.2, 0) is 13.6 Å². The van der Waals surface area contributed by atoms with Crippen LogP contribution in [0.15, 0.2) is 55.0 Å². The van der Waals surface area contributed by atoms with Gasteiger partial charge in [-0.1, -0.05) is 18.2 Å². The molecule has 2 aromatic carbocycles. The van der Waals surface area contributed by atoms with E-state index < -0.39 is 0 Å². The second kappa shape index (κ2) is 9.69. The molecule has 0 saturated heterocycles. The molecule has 1 amide bonds. The summed E-state index contributed by atoms with van der Waals surface area (Å²) in [5.41, 5.74) is 6.07. The number of anilines is 1. The average molecular weight is 494 g/mol. The van der Waals surface area contributed by atoms with Crippen molar-refractivity contribution in [1.82, 2.24) is 29.5 Å². The summed E-state index contributed by atoms with van der Waals surface area (Å²) < 4.78 is 3.54. The molecular formula is C28H27N7O2. The largest absolute Gasteiger partial charge is 0.340 e. The maximum atomic E-state index is 13.3. The number of aromatic nitrogens is 6. The third kappa shape index (κ3) is 4.84. The molecule has 5 aromatic rings. The Kier molecular flexibility index (Phi) is 6.27. The van der Waals surface area contributed by atoms with E-state index in [0.29, 0.717) is 29.1 Å². The van der Waals surface area contributed by atoms with E-state index in [1.165, 1.54) is 0 Å². The number of fused-ring (bicyclic) bond motifs is 1. The van der Waals surface area contributed by atoms with E-state index in [0.717, 1.165) is 33.5 Å². The number of aromatic amines is 1. The van der Waals surface area contributed by atoms with Crippen molar-refractivity contribution in [2.45, 2.75) is 27.3 Å². The number of benzene rings is 2. The van der Waals surface area contributed by atoms with E-state index in [2.05, 4.69) is 25.6 Å². The molecule has 2 N–H and O–H groups in total. The smallest absolute Gasteiger partial charge is 0.273 e. The Labute approximate surface area is 213 Å². The molecule has 3 aromatic heterocycles. The minimum atomic E-state index is -0.264. The molecule has 37 heavy (non-hydrogen) atoms. The van der Waals surface area contributed by atoms with Gasteiger partial charge in [-0.25, -0.2) is 4.98 Å². The fourth-order valence-corrected chi connectivity index (χ4v) is 4.21. The van der Waals surface area contributed by atoms with Gasteiger partial charge >= 0.3 is 0 Å². The number of rotatable bonds is 7. The molecule has 9 heteroatoms. The van der Waals surface area contributed by atoms with Crippen LogP contribution in [0.1, 0.15) is 56.0 Å². The Morgan fingerprint density at radius 2 is 1.84 bits per heavy atom. The second-order valence-electron chi connectivity index (χ2n) is 8.97. The zero-order chi connectivity index (χ0) is 26.1. The Balaban J connectivity index is 1.38. The number of carbonyl (C=O) groups excluding carboxylic acids is 2. The quantitative estimate of drug-likeness (QED) is 0.317. The number of nitrogens with zero attached hydrogens (tertiary/aromatic N) is 5. The Bertz CT molecular complexity index is 1670. The van der Waals surface area contributed by atoms with Crippen LogP contribution in [0, 0.1) is 13.8 Å². The Morgan fingerprint density at radius 1 is 1.05 bits per heavy atom. The highest BCUT2D eigenvalue weighted by Crippen LogP contribution is 2.24. The van der Waals surface area contributed by atoms with Gasteiger partial charge in [0.05, 0.1) is 28.9 Å². The first-order valence-electron chi connectivity index (χ1n) is 12.0. The minimum absolute atomic E-state index is 0.146. The van der Waals surface area contributed by atoms with Crippen LogP contribution in [0.2, 0.25) is 0 Å². The van der Waals surface area contributed by atoms with Crippen molar-refractivity contribution >= 4 is 40.4 Å². The molecular weight excluding hydrogens is 466 g/mol. The van der Waals surface area contributed by atoms with E-state index >= 15 is 0 Å². The van der Waals surface area contributed by atoms with Crippen molar-refractivity contribution in [3.05, 3.63) is 94.5 Å². The van der Waals surface area contributed by atoms with Gasteiger partial charge in [0.1, 0.15) is 5.69 Å². The molecule has 0 spiro atoms. The number of ketones is 1. The standard InChI is InChI=1S/C28H27N7O2/c1-5-35-26(12-18(3)33-35)28(37)30-24-13-19(7-6-17(24)2)27(36)20-8-10-22-23(31-32-25(22)14-20)11-9-21-15-34(4)16-29-21/h6-16H,5H2,1-4H3,(H,30,37)(H,31,32). The topological polar surface area (TPSA) is 110 Å². The Hall–Kier alpha value is -4.79. The van der Waals surface area contributed by atoms with E-state index in [1.807, 2.05) is 62.9 Å². The van der Waals surface area contributed by atoms with Gasteiger partial charge in [0, 0.05) is 42.0 Å². The van der Waals surface area contributed by atoms with Gasteiger partial charge in [-0.05, 0) is 62.8 Å². The zero-order valence-electron chi connectivity index (χ0n) is 21.1. The number of H-pyrrole nitrogens is 1. The van der Waals surface area contributed by atoms with Crippen molar-refractivity contribution in [2.24, 2.45) is 7.05 Å². The molecule has 0 unspecified atom stereocenters. The zero-order valence-corrected chi connectivity index (χ0v) is 21.1. The molecule has 9 nitrogen and oxygen atoms in total. The van der Waals surface area contributed by atoms with Crippen LogP contribution in [0.5, 0.6) is 0 Å². The highest BCUT2D eigenvalue weighted by Gasteiger charge is 2.17. The molecule has 0 bridgehead atoms. The lowest BCUT2D eigenvalue weighted by atomic mass is 9.99. The summed E-state index contributed by atoms with van der Waals surface area (Å²) >= 11 is 0. The first kappa shape index (κ1) is 23.9. The summed E-state index contributed by atoms with van der Waals surface area (Å²) in [4.78, 5) is 30.6. The highest BCUT2D eigenvalue weighted by molar-refractivity contribution is 6.12. The molecule has 0 radical (unpaired) electrons. The molecule has 186 valence electrons. The van der Waals surface area contributed by atoms with Crippen molar-refractivity contribution in [1.29, 1.82) is 0 Å². The van der Waals surface area contributed by atoms with Gasteiger partial charge in [0.15, 0.2) is 5.78 Å². The second-order valence-corrected chi connectivity index (χ2v) is 8.97. The monoisotopic (exact) mass is 493 g/mol. The summed E-state index contributed by atoms with van der Waals surface area (Å²) in [5.74, 6) is -0.410. The van der Waals surface area contributed by atoms with Crippen LogP contribution in [0.25, 0.3) is 23.1 Å². The number of hydrogen-bond acceptors (Lipinski definition) is 5. The van der Waals surface area contributed by atoms with Gasteiger partial charge in [0.25, 0.3) is 5.91 Å². The minimum Gasteiger partial charge on any atom is -0.340 e. The van der Waals surface area contributed by atoms with E-state index in [9.17, 15) is 9.59 Å². The summed E-state index contributed by atoms with van der Waals surface area (Å²) in [7, 11) is 1.92. The molecule has 0 atom stereocenters. The van der Waals surface area contributed by atoms with Gasteiger partial charge in [0.2, 0.25) is 0 Å². The fraction of sp³-hybridized carbons (Fsp3) is 0.179. The third-order valence-electron chi connectivity index (χ3n) is 6.17. The first-order chi connectivity index (χ1) is 17.8. The maximum Gasteiger partial charge on any atom is 0.273 e. The van der Waals surface area contributed by atoms with Crippen molar-refractivity contribution in [2.75, 3.05) is 5.32 Å².